The van der Waals surface area contributed by atoms with Gasteiger partial charge in [0.15, 0.2) is 0 Å². The van der Waals surface area contributed by atoms with Crippen LogP contribution in [0.4, 0.5) is 11.4 Å². The van der Waals surface area contributed by atoms with Gasteiger partial charge < -0.3 is 15.7 Å². The van der Waals surface area contributed by atoms with Crippen LogP contribution in [-0.2, 0) is 10.8 Å². The minimum Gasteiger partial charge on any atom is -0.399 e. The Bertz CT molecular complexity index is 1480. The molecule has 2 aromatic heterocycles. The maximum absolute atomic E-state index is 10.8. The molecule has 174 valence electrons. The second-order valence-electron chi connectivity index (χ2n) is 10.3. The third-order valence-corrected chi connectivity index (χ3v) is 5.53. The van der Waals surface area contributed by atoms with Crippen LogP contribution in [0.2, 0.25) is 0 Å². The first-order valence-corrected chi connectivity index (χ1v) is 10.8. The number of nitriles is 2. The van der Waals surface area contributed by atoms with Crippen LogP contribution >= 0.6 is 0 Å². The molecule has 4 rings (SSSR count). The fraction of sp³-hybridized carbons (Fsp3) is 0.308. The fourth-order valence-electron chi connectivity index (χ4n) is 3.59. The molecular formula is C26H28N6O2. The van der Waals surface area contributed by atoms with E-state index in [0.717, 1.165) is 22.3 Å². The Morgan fingerprint density at radius 2 is 1.24 bits per heavy atom. The molecule has 0 bridgehead atoms. The molecule has 0 fully saturated rings. The van der Waals surface area contributed by atoms with Gasteiger partial charge in [-0.15, -0.1) is 0 Å². The standard InChI is InChI=1S/C13H13N3O2.C13H15N3/c1-13(2,3)11-6-8-4-10(16(17)18)5-9(7-14)12(8)15-11;1-13(2,3)11-6-8-4-10(15)5-9(7-14)12(8)16-11/h4-6,15H,1-3H3;4-6,16H,15H2,1-3H3. The molecule has 0 saturated carbocycles. The number of nitrogens with one attached hydrogen (secondary N) is 2. The van der Waals surface area contributed by atoms with Gasteiger partial charge in [0.2, 0.25) is 0 Å². The summed E-state index contributed by atoms with van der Waals surface area (Å²) in [5.41, 5.74) is 10.8. The van der Waals surface area contributed by atoms with Crippen LogP contribution < -0.4 is 5.73 Å². The number of H-pyrrole nitrogens is 2. The lowest BCUT2D eigenvalue weighted by Gasteiger charge is -2.15. The Morgan fingerprint density at radius 1 is 0.794 bits per heavy atom. The van der Waals surface area contributed by atoms with Crippen LogP contribution in [0.3, 0.4) is 0 Å². The first-order valence-electron chi connectivity index (χ1n) is 10.8. The predicted octanol–water partition coefficient (Wildman–Crippen LogP) is 6.16. The lowest BCUT2D eigenvalue weighted by molar-refractivity contribution is -0.384. The topological polar surface area (TPSA) is 148 Å². The zero-order valence-electron chi connectivity index (χ0n) is 20.2. The van der Waals surface area contributed by atoms with E-state index in [4.69, 9.17) is 16.3 Å². The van der Waals surface area contributed by atoms with Crippen LogP contribution in [0.25, 0.3) is 21.8 Å². The van der Waals surface area contributed by atoms with Gasteiger partial charge >= 0.3 is 0 Å². The SMILES string of the molecule is CC(C)(C)c1cc2cc(N)cc(C#N)c2[nH]1.CC(C)(C)c1cc2cc([N+](=O)[O-])cc(C#N)c2[nH]1. The highest BCUT2D eigenvalue weighted by atomic mass is 16.6. The van der Waals surface area contributed by atoms with E-state index in [1.807, 2.05) is 39.0 Å². The number of benzene rings is 2. The molecule has 0 aliphatic heterocycles. The second kappa shape index (κ2) is 8.57. The Balaban J connectivity index is 0.000000192. The summed E-state index contributed by atoms with van der Waals surface area (Å²) in [7, 11) is 0. The largest absolute Gasteiger partial charge is 0.399 e. The molecule has 0 amide bonds. The molecule has 0 radical (unpaired) electrons. The third-order valence-electron chi connectivity index (χ3n) is 5.53. The van der Waals surface area contributed by atoms with Crippen molar-refractivity contribution in [2.75, 3.05) is 5.73 Å². The first-order chi connectivity index (χ1) is 15.7. The Kier molecular flexibility index (Phi) is 6.13. The average Bonchev–Trinajstić information content (AvgIpc) is 3.36. The van der Waals surface area contributed by atoms with Crippen LogP contribution in [0.1, 0.15) is 64.1 Å². The lowest BCUT2D eigenvalue weighted by Crippen LogP contribution is -2.11. The van der Waals surface area contributed by atoms with Gasteiger partial charge in [0.05, 0.1) is 27.1 Å². The smallest absolute Gasteiger partial charge is 0.271 e. The lowest BCUT2D eigenvalue weighted by atomic mass is 9.92. The molecule has 4 aromatic rings. The summed E-state index contributed by atoms with van der Waals surface area (Å²) in [4.78, 5) is 16.8. The molecule has 0 aliphatic carbocycles. The minimum absolute atomic E-state index is 0.0422. The number of rotatable bonds is 1. The fourth-order valence-corrected chi connectivity index (χ4v) is 3.59. The number of nitrogen functional groups attached to an aromatic ring is 1. The Labute approximate surface area is 198 Å². The summed E-state index contributed by atoms with van der Waals surface area (Å²) in [6.45, 7) is 12.5. The van der Waals surface area contributed by atoms with Crippen molar-refractivity contribution in [3.05, 3.63) is 69.0 Å². The third kappa shape index (κ3) is 4.87. The van der Waals surface area contributed by atoms with Crippen LogP contribution in [0.15, 0.2) is 36.4 Å². The summed E-state index contributed by atoms with van der Waals surface area (Å²) in [5, 5.41) is 30.6. The zero-order valence-corrected chi connectivity index (χ0v) is 20.2. The summed E-state index contributed by atoms with van der Waals surface area (Å²) in [5.74, 6) is 0. The monoisotopic (exact) mass is 456 g/mol. The van der Waals surface area contributed by atoms with Gasteiger partial charge in [-0.1, -0.05) is 41.5 Å². The zero-order chi connectivity index (χ0) is 25.4. The van der Waals surface area contributed by atoms with E-state index in [1.165, 1.54) is 12.1 Å². The number of anilines is 1. The van der Waals surface area contributed by atoms with Crippen molar-refractivity contribution < 1.29 is 4.92 Å². The highest BCUT2D eigenvalue weighted by Gasteiger charge is 2.20. The highest BCUT2D eigenvalue weighted by molar-refractivity contribution is 5.89. The number of aromatic nitrogens is 2. The molecule has 2 aromatic carbocycles. The molecule has 0 aliphatic rings. The highest BCUT2D eigenvalue weighted by Crippen LogP contribution is 2.31. The molecule has 0 unspecified atom stereocenters. The number of non-ortho nitro benzene ring substituents is 1. The molecule has 8 heteroatoms. The number of nitrogens with zero attached hydrogens (tertiary/aromatic N) is 3. The van der Waals surface area contributed by atoms with E-state index in [-0.39, 0.29) is 16.5 Å². The van der Waals surface area contributed by atoms with Gasteiger partial charge in [0, 0.05) is 50.8 Å². The molecule has 8 nitrogen and oxygen atoms in total. The van der Waals surface area contributed by atoms with E-state index >= 15 is 0 Å². The van der Waals surface area contributed by atoms with Crippen molar-refractivity contribution in [2.45, 2.75) is 52.4 Å². The van der Waals surface area contributed by atoms with Crippen molar-refractivity contribution in [1.82, 2.24) is 9.97 Å². The number of nitro groups is 1. The van der Waals surface area contributed by atoms with Gasteiger partial charge in [0.25, 0.3) is 5.69 Å². The van der Waals surface area contributed by atoms with Crippen LogP contribution in [-0.4, -0.2) is 14.9 Å². The molecule has 0 spiro atoms. The number of nitrogens with two attached hydrogens (primary N) is 1. The van der Waals surface area contributed by atoms with Gasteiger partial charge in [-0.2, -0.15) is 10.5 Å². The number of aromatic amines is 2. The normalized spacial score (nSPS) is 11.5. The number of hydrogen-bond donors (Lipinski definition) is 3. The molecule has 2 heterocycles. The van der Waals surface area contributed by atoms with E-state index in [9.17, 15) is 10.1 Å². The number of fused-ring (bicyclic) bond motifs is 2. The quantitative estimate of drug-likeness (QED) is 0.178. The second-order valence-corrected chi connectivity index (χ2v) is 10.3. The Morgan fingerprint density at radius 3 is 1.65 bits per heavy atom. The molecule has 34 heavy (non-hydrogen) atoms. The first kappa shape index (κ1) is 24.3. The van der Waals surface area contributed by atoms with E-state index in [0.29, 0.717) is 27.7 Å². The van der Waals surface area contributed by atoms with Gasteiger partial charge in [-0.3, -0.25) is 10.1 Å². The van der Waals surface area contributed by atoms with Crippen molar-refractivity contribution in [3.8, 4) is 12.1 Å². The molecular weight excluding hydrogens is 428 g/mol. The van der Waals surface area contributed by atoms with Crippen molar-refractivity contribution in [1.29, 1.82) is 10.5 Å². The molecule has 4 N–H and O–H groups in total. The number of nitro benzene ring substituents is 1. The summed E-state index contributed by atoms with van der Waals surface area (Å²) >= 11 is 0. The van der Waals surface area contributed by atoms with Crippen molar-refractivity contribution in [3.63, 3.8) is 0 Å². The van der Waals surface area contributed by atoms with Crippen molar-refractivity contribution in [2.24, 2.45) is 0 Å². The summed E-state index contributed by atoms with van der Waals surface area (Å²) in [6, 6.07) is 14.5. The average molecular weight is 457 g/mol. The van der Waals surface area contributed by atoms with E-state index < -0.39 is 4.92 Å². The Hall–Kier alpha value is -4.30. The van der Waals surface area contributed by atoms with Gasteiger partial charge in [0.1, 0.15) is 12.1 Å². The van der Waals surface area contributed by atoms with E-state index in [2.05, 4.69) is 42.9 Å². The number of hydrogen-bond acceptors (Lipinski definition) is 5. The van der Waals surface area contributed by atoms with E-state index in [1.54, 1.807) is 6.07 Å². The van der Waals surface area contributed by atoms with Gasteiger partial charge in [-0.05, 0) is 24.3 Å². The summed E-state index contributed by atoms with van der Waals surface area (Å²) < 4.78 is 0. The van der Waals surface area contributed by atoms with Crippen LogP contribution in [0.5, 0.6) is 0 Å². The predicted molar refractivity (Wildman–Crippen MR) is 134 cm³/mol. The maximum atomic E-state index is 10.8. The summed E-state index contributed by atoms with van der Waals surface area (Å²) in [6.07, 6.45) is 0. The molecule has 0 atom stereocenters. The van der Waals surface area contributed by atoms with Crippen LogP contribution in [0, 0.1) is 32.8 Å². The molecule has 0 saturated heterocycles. The maximum Gasteiger partial charge on any atom is 0.271 e. The minimum atomic E-state index is -0.482. The van der Waals surface area contributed by atoms with Gasteiger partial charge in [-0.25, -0.2) is 0 Å². The van der Waals surface area contributed by atoms with Crippen molar-refractivity contribution >= 4 is 33.2 Å².